The average Bonchev–Trinajstić information content (AvgIpc) is 2.97. The first-order valence-electron chi connectivity index (χ1n) is 8.85. The zero-order valence-electron chi connectivity index (χ0n) is 15.3. The highest BCUT2D eigenvalue weighted by molar-refractivity contribution is 6.01. The molecule has 4 N–H and O–H groups in total. The van der Waals surface area contributed by atoms with Gasteiger partial charge in [-0.05, 0) is 6.92 Å². The van der Waals surface area contributed by atoms with E-state index >= 15 is 0 Å². The number of amides is 3. The highest BCUT2D eigenvalue weighted by Crippen LogP contribution is 2.21. The van der Waals surface area contributed by atoms with Gasteiger partial charge in [-0.2, -0.15) is 0 Å². The van der Waals surface area contributed by atoms with Crippen molar-refractivity contribution in [3.8, 4) is 0 Å². The Kier molecular flexibility index (Phi) is 7.83. The molecule has 2 rings (SSSR count). The number of hydrogen-bond donors (Lipinski definition) is 4. The Hall–Kier alpha value is -2.12. The Balaban J connectivity index is 1.60. The summed E-state index contributed by atoms with van der Waals surface area (Å²) in [6.45, 7) is 1.50. The van der Waals surface area contributed by atoms with Crippen LogP contribution >= 0.6 is 0 Å². The van der Waals surface area contributed by atoms with E-state index in [0.717, 1.165) is 0 Å². The second-order valence-electron chi connectivity index (χ2n) is 6.45. The zero-order chi connectivity index (χ0) is 20.8. The molecule has 0 saturated carbocycles. The summed E-state index contributed by atoms with van der Waals surface area (Å²) < 4.78 is 10.5. The molecule has 0 aromatic heterocycles. The minimum Gasteiger partial charge on any atom is -0.388 e. The van der Waals surface area contributed by atoms with Gasteiger partial charge >= 0.3 is 5.97 Å². The van der Waals surface area contributed by atoms with Gasteiger partial charge in [0.2, 0.25) is 5.91 Å². The molecule has 0 aromatic carbocycles. The summed E-state index contributed by atoms with van der Waals surface area (Å²) in [6.07, 6.45) is -6.55. The number of aliphatic hydroxyl groups is 3. The largest absolute Gasteiger partial charge is 0.388 e. The van der Waals surface area contributed by atoms with E-state index in [1.165, 1.54) is 6.92 Å². The van der Waals surface area contributed by atoms with Crippen LogP contribution in [0.3, 0.4) is 0 Å². The van der Waals surface area contributed by atoms with Crippen LogP contribution in [0.1, 0.15) is 32.6 Å². The molecule has 2 saturated heterocycles. The fourth-order valence-electron chi connectivity index (χ4n) is 2.63. The topological polar surface area (TPSA) is 172 Å². The summed E-state index contributed by atoms with van der Waals surface area (Å²) in [7, 11) is 0. The maximum Gasteiger partial charge on any atom is 0.333 e. The van der Waals surface area contributed by atoms with Crippen LogP contribution in [0.25, 0.3) is 0 Å². The molecular weight excluding hydrogens is 380 g/mol. The molecule has 0 spiro atoms. The van der Waals surface area contributed by atoms with Crippen molar-refractivity contribution < 1.29 is 48.8 Å². The minimum absolute atomic E-state index is 0.0131. The second-order valence-corrected chi connectivity index (χ2v) is 6.45. The molecule has 5 atom stereocenters. The lowest BCUT2D eigenvalue weighted by molar-refractivity contribution is -0.292. The maximum absolute atomic E-state index is 11.7. The van der Waals surface area contributed by atoms with Gasteiger partial charge in [-0.1, -0.05) is 0 Å². The quantitative estimate of drug-likeness (QED) is 0.247. The molecule has 0 radical (unpaired) electrons. The van der Waals surface area contributed by atoms with Crippen LogP contribution < -0.4 is 5.32 Å². The number of hydrogen-bond acceptors (Lipinski definition) is 10. The van der Waals surface area contributed by atoms with E-state index in [9.17, 15) is 34.5 Å². The molecule has 0 bridgehead atoms. The van der Waals surface area contributed by atoms with Gasteiger partial charge in [-0.15, -0.1) is 5.06 Å². The molecule has 2 aliphatic heterocycles. The molecule has 12 nitrogen and oxygen atoms in total. The molecule has 0 aliphatic carbocycles. The minimum atomic E-state index is -1.44. The van der Waals surface area contributed by atoms with Crippen LogP contribution in [-0.2, 0) is 33.5 Å². The van der Waals surface area contributed by atoms with Crippen LogP contribution in [0.15, 0.2) is 0 Å². The fraction of sp³-hybridized carbons (Fsp3) is 0.750. The van der Waals surface area contributed by atoms with Crippen LogP contribution in [0, 0.1) is 0 Å². The summed E-state index contributed by atoms with van der Waals surface area (Å²) in [5.74, 6) is -2.57. The first-order chi connectivity index (χ1) is 13.2. The molecular formula is C16H24N2O10. The summed E-state index contributed by atoms with van der Waals surface area (Å²) >= 11 is 0. The Labute approximate surface area is 160 Å². The van der Waals surface area contributed by atoms with Crippen molar-refractivity contribution in [2.45, 2.75) is 63.3 Å². The monoisotopic (exact) mass is 404 g/mol. The number of nitrogens with zero attached hydrogens (tertiary/aromatic N) is 1. The molecule has 2 aliphatic rings. The van der Waals surface area contributed by atoms with Crippen molar-refractivity contribution in [1.29, 1.82) is 0 Å². The summed E-state index contributed by atoms with van der Waals surface area (Å²) in [4.78, 5) is 50.6. The Morgan fingerprint density at radius 2 is 1.75 bits per heavy atom. The predicted octanol–water partition coefficient (Wildman–Crippen LogP) is -2.67. The molecule has 28 heavy (non-hydrogen) atoms. The smallest absolute Gasteiger partial charge is 0.333 e. The number of aliphatic hydroxyl groups excluding tert-OH is 3. The summed E-state index contributed by atoms with van der Waals surface area (Å²) in [5.41, 5.74) is 0. The molecule has 158 valence electrons. The Morgan fingerprint density at radius 1 is 1.11 bits per heavy atom. The number of hydroxylamine groups is 2. The van der Waals surface area contributed by atoms with Crippen molar-refractivity contribution in [2.24, 2.45) is 0 Å². The van der Waals surface area contributed by atoms with Gasteiger partial charge in [0.05, 0.1) is 19.1 Å². The SMILES string of the molecule is C[C@@H]1O[C@@H](OCCNC(=O)CCC(=O)ON2C(=O)CCC2=O)[C@@H](O)[C@H](O)[C@@H]1O. The normalized spacial score (nSPS) is 30.4. The number of nitrogens with one attached hydrogen (secondary N) is 1. The Morgan fingerprint density at radius 3 is 2.39 bits per heavy atom. The highest BCUT2D eigenvalue weighted by atomic mass is 16.7. The van der Waals surface area contributed by atoms with Crippen molar-refractivity contribution in [1.82, 2.24) is 10.4 Å². The lowest BCUT2D eigenvalue weighted by Crippen LogP contribution is -2.57. The number of rotatable bonds is 8. The van der Waals surface area contributed by atoms with Crippen LogP contribution in [0.4, 0.5) is 0 Å². The van der Waals surface area contributed by atoms with Gasteiger partial charge in [-0.25, -0.2) is 4.79 Å². The first kappa shape index (κ1) is 22.2. The standard InChI is InChI=1S/C16H24N2O10/c1-8-13(23)14(24)15(25)16(27-8)26-7-6-17-9(19)2-5-12(22)28-18-10(20)3-4-11(18)21/h8,13-16,23-25H,2-7H2,1H3,(H,17,19)/t8-,13+,14+,15-,16+/m0/s1. The van der Waals surface area contributed by atoms with Crippen molar-refractivity contribution in [2.75, 3.05) is 13.2 Å². The zero-order valence-corrected chi connectivity index (χ0v) is 15.3. The van der Waals surface area contributed by atoms with Crippen molar-refractivity contribution in [3.63, 3.8) is 0 Å². The van der Waals surface area contributed by atoms with Gasteiger partial charge in [0.25, 0.3) is 11.8 Å². The summed E-state index contributed by atoms with van der Waals surface area (Å²) in [6, 6.07) is 0. The molecule has 0 aromatic rings. The lowest BCUT2D eigenvalue weighted by atomic mass is 10.0. The highest BCUT2D eigenvalue weighted by Gasteiger charge is 2.42. The van der Waals surface area contributed by atoms with Crippen molar-refractivity contribution >= 4 is 23.7 Å². The maximum atomic E-state index is 11.7. The number of ether oxygens (including phenoxy) is 2. The average molecular weight is 404 g/mol. The number of carbonyl (C=O) groups is 4. The van der Waals surface area contributed by atoms with E-state index in [1.54, 1.807) is 0 Å². The van der Waals surface area contributed by atoms with Crippen molar-refractivity contribution in [3.05, 3.63) is 0 Å². The van der Waals surface area contributed by atoms with Gasteiger partial charge in [0.1, 0.15) is 18.3 Å². The summed E-state index contributed by atoms with van der Waals surface area (Å²) in [5, 5.41) is 31.9. The number of imide groups is 1. The van der Waals surface area contributed by atoms with E-state index < -0.39 is 54.4 Å². The van der Waals surface area contributed by atoms with Crippen LogP contribution in [0.2, 0.25) is 0 Å². The molecule has 3 amide bonds. The van der Waals surface area contributed by atoms with Gasteiger partial charge in [0, 0.05) is 25.8 Å². The third-order valence-corrected chi connectivity index (χ3v) is 4.27. The number of carbonyl (C=O) groups excluding carboxylic acids is 4. The second kappa shape index (κ2) is 9.89. The van der Waals surface area contributed by atoms with Gasteiger partial charge < -0.3 is 34.9 Å². The third-order valence-electron chi connectivity index (χ3n) is 4.27. The van der Waals surface area contributed by atoms with E-state index in [4.69, 9.17) is 9.47 Å². The third kappa shape index (κ3) is 5.69. The van der Waals surface area contributed by atoms with Crippen LogP contribution in [0.5, 0.6) is 0 Å². The molecule has 0 unspecified atom stereocenters. The van der Waals surface area contributed by atoms with E-state index in [-0.39, 0.29) is 38.8 Å². The molecule has 2 heterocycles. The molecule has 12 heteroatoms. The van der Waals surface area contributed by atoms with Gasteiger partial charge in [-0.3, -0.25) is 14.4 Å². The van der Waals surface area contributed by atoms with E-state index in [1.807, 2.05) is 0 Å². The van der Waals surface area contributed by atoms with E-state index in [0.29, 0.717) is 5.06 Å². The Bertz CT molecular complexity index is 596. The predicted molar refractivity (Wildman–Crippen MR) is 87.7 cm³/mol. The fourth-order valence-corrected chi connectivity index (χ4v) is 2.63. The first-order valence-corrected chi connectivity index (χ1v) is 8.85. The van der Waals surface area contributed by atoms with E-state index in [2.05, 4.69) is 10.2 Å². The molecule has 2 fully saturated rings. The lowest BCUT2D eigenvalue weighted by Gasteiger charge is -2.38. The van der Waals surface area contributed by atoms with Gasteiger partial charge in [0.15, 0.2) is 6.29 Å². The van der Waals surface area contributed by atoms with Crippen LogP contribution in [-0.4, -0.2) is 87.9 Å².